The quantitative estimate of drug-likeness (QED) is 0.677. The zero-order valence-corrected chi connectivity index (χ0v) is 11.0. The van der Waals surface area contributed by atoms with Gasteiger partial charge in [-0.15, -0.1) is 0 Å². The first kappa shape index (κ1) is 12.1. The number of hydrogen-bond acceptors (Lipinski definition) is 2. The molecule has 0 bridgehead atoms. The van der Waals surface area contributed by atoms with Gasteiger partial charge in [0.25, 0.3) is 5.91 Å². The molecule has 0 radical (unpaired) electrons. The van der Waals surface area contributed by atoms with Crippen molar-refractivity contribution in [1.29, 1.82) is 0 Å². The van der Waals surface area contributed by atoms with E-state index in [-0.39, 0.29) is 16.8 Å². The topological polar surface area (TPSA) is 73.6 Å². The number of carbonyl (C=O) groups excluding carboxylic acids is 1. The molecule has 3 aromatic rings. The molecule has 1 amide bonds. The van der Waals surface area contributed by atoms with E-state index < -0.39 is 0 Å². The molecule has 3 N–H and O–H groups in total. The van der Waals surface area contributed by atoms with Gasteiger partial charge in [0.15, 0.2) is 0 Å². The zero-order valence-electron chi connectivity index (χ0n) is 9.50. The number of rotatable bonds is 2. The van der Waals surface area contributed by atoms with Crippen molar-refractivity contribution in [3.05, 3.63) is 46.2 Å². The van der Waals surface area contributed by atoms with Crippen LogP contribution in [0.15, 0.2) is 30.3 Å². The highest BCUT2D eigenvalue weighted by Crippen LogP contribution is 2.22. The Hall–Kier alpha value is -1.98. The number of aromatic nitrogens is 3. The molecule has 2 aromatic heterocycles. The van der Waals surface area contributed by atoms with Crippen LogP contribution in [0.25, 0.3) is 11.0 Å². The van der Waals surface area contributed by atoms with E-state index in [9.17, 15) is 4.79 Å². The van der Waals surface area contributed by atoms with Crippen LogP contribution in [0, 0.1) is 0 Å². The number of hydrogen-bond donors (Lipinski definition) is 3. The van der Waals surface area contributed by atoms with E-state index in [1.165, 1.54) is 6.07 Å². The second-order valence-electron chi connectivity index (χ2n) is 3.90. The zero-order chi connectivity index (χ0) is 13.4. The molecule has 0 spiro atoms. The van der Waals surface area contributed by atoms with Crippen molar-refractivity contribution in [2.24, 2.45) is 0 Å². The smallest absolute Gasteiger partial charge is 0.274 e. The summed E-state index contributed by atoms with van der Waals surface area (Å²) < 4.78 is 0. The maximum atomic E-state index is 11.9. The molecule has 5 nitrogen and oxygen atoms in total. The average Bonchev–Trinajstić information content (AvgIpc) is 2.93. The standard InChI is InChI=1S/C12H8Cl2N4O/c13-6-5-9(15-10(6)14)11(19)18-12-16-7-3-1-2-4-8(7)17-12/h1-5,15H,(H2,16,17,18,19). The van der Waals surface area contributed by atoms with Crippen LogP contribution in [0.5, 0.6) is 0 Å². The molecule has 0 unspecified atom stereocenters. The van der Waals surface area contributed by atoms with Gasteiger partial charge in [-0.1, -0.05) is 35.3 Å². The number of fused-ring (bicyclic) bond motifs is 1. The number of nitrogens with zero attached hydrogens (tertiary/aromatic N) is 1. The van der Waals surface area contributed by atoms with Gasteiger partial charge in [0.05, 0.1) is 16.1 Å². The first-order valence-corrected chi connectivity index (χ1v) is 6.19. The summed E-state index contributed by atoms with van der Waals surface area (Å²) in [5.74, 6) is 0.000834. The Bertz CT molecular complexity index is 710. The minimum Gasteiger partial charge on any atom is -0.340 e. The van der Waals surface area contributed by atoms with Crippen molar-refractivity contribution in [3.8, 4) is 0 Å². The lowest BCUT2D eigenvalue weighted by molar-refractivity contribution is 0.102. The van der Waals surface area contributed by atoms with Crippen molar-refractivity contribution in [2.75, 3.05) is 5.32 Å². The van der Waals surface area contributed by atoms with Crippen LogP contribution in [-0.2, 0) is 0 Å². The maximum absolute atomic E-state index is 11.9. The molecule has 19 heavy (non-hydrogen) atoms. The molecule has 0 aliphatic rings. The number of imidazole rings is 1. The first-order chi connectivity index (χ1) is 9.13. The van der Waals surface area contributed by atoms with Crippen molar-refractivity contribution in [1.82, 2.24) is 15.0 Å². The van der Waals surface area contributed by atoms with Gasteiger partial charge in [0.1, 0.15) is 10.8 Å². The Morgan fingerprint density at radius 1 is 1.21 bits per heavy atom. The number of amides is 1. The summed E-state index contributed by atoms with van der Waals surface area (Å²) in [6.45, 7) is 0. The van der Waals surface area contributed by atoms with E-state index in [1.807, 2.05) is 24.3 Å². The van der Waals surface area contributed by atoms with E-state index in [2.05, 4.69) is 20.3 Å². The number of aromatic amines is 2. The summed E-state index contributed by atoms with van der Waals surface area (Å²) >= 11 is 11.5. The Kier molecular flexibility index (Phi) is 2.93. The van der Waals surface area contributed by atoms with Gasteiger partial charge in [0.2, 0.25) is 5.95 Å². The van der Waals surface area contributed by atoms with Crippen LogP contribution in [0.3, 0.4) is 0 Å². The number of H-pyrrole nitrogens is 2. The number of benzene rings is 1. The van der Waals surface area contributed by atoms with Crippen molar-refractivity contribution >= 4 is 46.1 Å². The van der Waals surface area contributed by atoms with Crippen LogP contribution < -0.4 is 5.32 Å². The lowest BCUT2D eigenvalue weighted by atomic mass is 10.3. The Morgan fingerprint density at radius 3 is 2.68 bits per heavy atom. The molecule has 0 aliphatic carbocycles. The van der Waals surface area contributed by atoms with Gasteiger partial charge < -0.3 is 9.97 Å². The predicted molar refractivity (Wildman–Crippen MR) is 74.9 cm³/mol. The maximum Gasteiger partial charge on any atom is 0.274 e. The molecular weight excluding hydrogens is 287 g/mol. The fourth-order valence-electron chi connectivity index (χ4n) is 1.71. The predicted octanol–water partition coefficient (Wildman–Crippen LogP) is 3.45. The molecular formula is C12H8Cl2N4O. The number of anilines is 1. The van der Waals surface area contributed by atoms with Crippen LogP contribution in [0.2, 0.25) is 10.2 Å². The summed E-state index contributed by atoms with van der Waals surface area (Å²) in [7, 11) is 0. The minimum atomic E-state index is -0.368. The Labute approximate surface area is 117 Å². The lowest BCUT2D eigenvalue weighted by Gasteiger charge is -1.98. The first-order valence-electron chi connectivity index (χ1n) is 5.43. The van der Waals surface area contributed by atoms with Gasteiger partial charge in [-0.05, 0) is 18.2 Å². The Balaban J connectivity index is 1.86. The van der Waals surface area contributed by atoms with Crippen LogP contribution >= 0.6 is 23.2 Å². The van der Waals surface area contributed by atoms with E-state index >= 15 is 0 Å². The number of nitrogens with one attached hydrogen (secondary N) is 3. The largest absolute Gasteiger partial charge is 0.340 e. The van der Waals surface area contributed by atoms with Crippen LogP contribution in [0.1, 0.15) is 10.5 Å². The second-order valence-corrected chi connectivity index (χ2v) is 4.69. The highest BCUT2D eigenvalue weighted by molar-refractivity contribution is 6.41. The number of halogens is 2. The van der Waals surface area contributed by atoms with Crippen LogP contribution in [0.4, 0.5) is 5.95 Å². The highest BCUT2D eigenvalue weighted by atomic mass is 35.5. The lowest BCUT2D eigenvalue weighted by Crippen LogP contribution is -2.13. The third-order valence-corrected chi connectivity index (χ3v) is 3.28. The molecule has 0 saturated carbocycles. The third kappa shape index (κ3) is 2.30. The fraction of sp³-hybridized carbons (Fsp3) is 0. The molecule has 96 valence electrons. The average molecular weight is 295 g/mol. The van der Waals surface area contributed by atoms with Gasteiger partial charge in [-0.3, -0.25) is 10.1 Å². The molecule has 0 atom stereocenters. The number of carbonyl (C=O) groups is 1. The second kappa shape index (κ2) is 4.60. The van der Waals surface area contributed by atoms with E-state index in [1.54, 1.807) is 0 Å². The summed E-state index contributed by atoms with van der Waals surface area (Å²) in [6, 6.07) is 8.95. The van der Waals surface area contributed by atoms with Gasteiger partial charge >= 0.3 is 0 Å². The van der Waals surface area contributed by atoms with Crippen LogP contribution in [-0.4, -0.2) is 20.9 Å². The van der Waals surface area contributed by atoms with Gasteiger partial charge in [-0.2, -0.15) is 0 Å². The molecule has 3 rings (SSSR count). The monoisotopic (exact) mass is 294 g/mol. The van der Waals surface area contributed by atoms with Crippen molar-refractivity contribution < 1.29 is 4.79 Å². The molecule has 0 fully saturated rings. The van der Waals surface area contributed by atoms with E-state index in [0.717, 1.165) is 11.0 Å². The molecule has 7 heteroatoms. The third-order valence-electron chi connectivity index (χ3n) is 2.59. The Morgan fingerprint density at radius 2 is 2.00 bits per heavy atom. The van der Waals surface area contributed by atoms with Crippen molar-refractivity contribution in [2.45, 2.75) is 0 Å². The SMILES string of the molecule is O=C(Nc1nc2ccccc2[nH]1)c1cc(Cl)c(Cl)[nH]1. The summed E-state index contributed by atoms with van der Waals surface area (Å²) in [5.41, 5.74) is 1.90. The summed E-state index contributed by atoms with van der Waals surface area (Å²) in [4.78, 5) is 21.8. The highest BCUT2D eigenvalue weighted by Gasteiger charge is 2.13. The summed E-state index contributed by atoms with van der Waals surface area (Å²) in [5, 5.41) is 3.17. The van der Waals surface area contributed by atoms with Gasteiger partial charge in [-0.25, -0.2) is 4.98 Å². The summed E-state index contributed by atoms with van der Waals surface area (Å²) in [6.07, 6.45) is 0. The number of para-hydroxylation sites is 2. The minimum absolute atomic E-state index is 0.233. The van der Waals surface area contributed by atoms with E-state index in [4.69, 9.17) is 23.2 Å². The van der Waals surface area contributed by atoms with E-state index in [0.29, 0.717) is 11.0 Å². The fourth-order valence-corrected chi connectivity index (χ4v) is 2.03. The molecule has 0 saturated heterocycles. The van der Waals surface area contributed by atoms with Crippen molar-refractivity contribution in [3.63, 3.8) is 0 Å². The normalized spacial score (nSPS) is 10.8. The molecule has 1 aromatic carbocycles. The van der Waals surface area contributed by atoms with Gasteiger partial charge in [0, 0.05) is 0 Å². The molecule has 0 aliphatic heterocycles. The molecule has 2 heterocycles.